The largest absolute Gasteiger partial charge is 0.366 e. The molecule has 0 aliphatic carbocycles. The average Bonchev–Trinajstić information content (AvgIpc) is 3.11. The van der Waals surface area contributed by atoms with Crippen LogP contribution < -0.4 is 5.32 Å². The summed E-state index contributed by atoms with van der Waals surface area (Å²) in [5.74, 6) is 0.860. The summed E-state index contributed by atoms with van der Waals surface area (Å²) in [6.45, 7) is 2.18. The third-order valence-electron chi connectivity index (χ3n) is 4.34. The fourth-order valence-electron chi connectivity index (χ4n) is 2.97. The van der Waals surface area contributed by atoms with E-state index in [0.29, 0.717) is 17.1 Å². The monoisotopic (exact) mass is 376 g/mol. The topological polar surface area (TPSA) is 59.3 Å². The maximum atomic E-state index is 11.7. The zero-order valence-electron chi connectivity index (χ0n) is 14.7. The van der Waals surface area contributed by atoms with Gasteiger partial charge < -0.3 is 5.32 Å². The van der Waals surface area contributed by atoms with Crippen LogP contribution in [0.25, 0.3) is 16.8 Å². The van der Waals surface area contributed by atoms with Crippen molar-refractivity contribution < 1.29 is 4.79 Å². The molecule has 0 saturated heterocycles. The number of halogens is 1. The van der Waals surface area contributed by atoms with Gasteiger partial charge in [-0.15, -0.1) is 0 Å². The number of fused-ring (bicyclic) bond motifs is 1. The number of ketones is 1. The predicted octanol–water partition coefficient (Wildman–Crippen LogP) is 4.86. The Morgan fingerprint density at radius 3 is 2.81 bits per heavy atom. The Labute approximate surface area is 161 Å². The van der Waals surface area contributed by atoms with Crippen LogP contribution in [0, 0.1) is 0 Å². The molecule has 2 heterocycles. The molecule has 0 spiro atoms. The van der Waals surface area contributed by atoms with Crippen molar-refractivity contribution in [1.82, 2.24) is 14.6 Å². The number of aromatic nitrogens is 3. The van der Waals surface area contributed by atoms with Gasteiger partial charge in [0.05, 0.1) is 6.20 Å². The molecule has 2 aromatic carbocycles. The van der Waals surface area contributed by atoms with E-state index in [1.807, 2.05) is 54.6 Å². The molecule has 4 aromatic rings. The minimum absolute atomic E-state index is 0.0326. The molecule has 0 radical (unpaired) electrons. The van der Waals surface area contributed by atoms with E-state index in [4.69, 9.17) is 11.6 Å². The van der Waals surface area contributed by atoms with Crippen LogP contribution in [0.4, 0.5) is 5.82 Å². The zero-order valence-corrected chi connectivity index (χ0v) is 15.4. The van der Waals surface area contributed by atoms with Crippen molar-refractivity contribution in [2.75, 3.05) is 5.32 Å². The lowest BCUT2D eigenvalue weighted by atomic mass is 10.0. The quantitative estimate of drug-likeness (QED) is 0.505. The number of anilines is 1. The van der Waals surface area contributed by atoms with Gasteiger partial charge >= 0.3 is 0 Å². The highest BCUT2D eigenvalue weighted by atomic mass is 35.5. The molecule has 0 aliphatic rings. The van der Waals surface area contributed by atoms with Crippen molar-refractivity contribution >= 4 is 28.8 Å². The van der Waals surface area contributed by atoms with Gasteiger partial charge in [-0.3, -0.25) is 4.79 Å². The molecule has 4 rings (SSSR count). The summed E-state index contributed by atoms with van der Waals surface area (Å²) >= 11 is 6.05. The number of carbonyl (C=O) groups is 1. The fourth-order valence-corrected chi connectivity index (χ4v) is 3.19. The highest BCUT2D eigenvalue weighted by Gasteiger charge is 2.12. The van der Waals surface area contributed by atoms with Crippen LogP contribution in [-0.4, -0.2) is 20.4 Å². The highest BCUT2D eigenvalue weighted by Crippen LogP contribution is 2.26. The van der Waals surface area contributed by atoms with Crippen LogP contribution in [0.5, 0.6) is 0 Å². The maximum Gasteiger partial charge on any atom is 0.165 e. The van der Waals surface area contributed by atoms with E-state index >= 15 is 0 Å². The van der Waals surface area contributed by atoms with Crippen LogP contribution in [0.1, 0.15) is 22.8 Å². The Kier molecular flexibility index (Phi) is 4.60. The molecule has 0 saturated carbocycles. The van der Waals surface area contributed by atoms with Crippen molar-refractivity contribution in [2.24, 2.45) is 0 Å². The second-order valence-electron chi connectivity index (χ2n) is 6.24. The van der Waals surface area contributed by atoms with Gasteiger partial charge in [-0.2, -0.15) is 9.61 Å². The molecule has 134 valence electrons. The van der Waals surface area contributed by atoms with Crippen LogP contribution in [0.3, 0.4) is 0 Å². The van der Waals surface area contributed by atoms with Crippen molar-refractivity contribution in [3.05, 3.63) is 83.1 Å². The number of hydrogen-bond donors (Lipinski definition) is 1. The lowest BCUT2D eigenvalue weighted by molar-refractivity contribution is 0.101. The Balaban J connectivity index is 1.67. The summed E-state index contributed by atoms with van der Waals surface area (Å²) in [5, 5.41) is 8.56. The average molecular weight is 377 g/mol. The third kappa shape index (κ3) is 3.55. The Morgan fingerprint density at radius 1 is 1.15 bits per heavy atom. The molecular weight excluding hydrogens is 360 g/mol. The zero-order chi connectivity index (χ0) is 18.8. The number of carbonyl (C=O) groups excluding carboxylic acids is 1. The van der Waals surface area contributed by atoms with Gasteiger partial charge in [0.1, 0.15) is 5.82 Å². The van der Waals surface area contributed by atoms with Crippen LogP contribution in [0.15, 0.2) is 67.0 Å². The molecular formula is C21H17ClN4O. The minimum Gasteiger partial charge on any atom is -0.366 e. The maximum absolute atomic E-state index is 11.7. The van der Waals surface area contributed by atoms with Gasteiger partial charge in [-0.25, -0.2) is 4.98 Å². The molecule has 5 nitrogen and oxygen atoms in total. The first kappa shape index (κ1) is 17.2. The van der Waals surface area contributed by atoms with E-state index < -0.39 is 0 Å². The lowest BCUT2D eigenvalue weighted by Gasteiger charge is -2.09. The van der Waals surface area contributed by atoms with Gasteiger partial charge in [-0.1, -0.05) is 41.9 Å². The molecule has 0 aliphatic heterocycles. The molecule has 27 heavy (non-hydrogen) atoms. The van der Waals surface area contributed by atoms with Crippen molar-refractivity contribution in [1.29, 1.82) is 0 Å². The summed E-state index contributed by atoms with van der Waals surface area (Å²) in [7, 11) is 0. The molecule has 6 heteroatoms. The first-order valence-corrected chi connectivity index (χ1v) is 8.92. The van der Waals surface area contributed by atoms with Crippen LogP contribution >= 0.6 is 11.6 Å². The van der Waals surface area contributed by atoms with Crippen molar-refractivity contribution in [2.45, 2.75) is 13.5 Å². The first-order chi connectivity index (χ1) is 13.1. The van der Waals surface area contributed by atoms with Gasteiger partial charge in [0.15, 0.2) is 11.4 Å². The standard InChI is InChI=1S/C21H17ClN4O/c1-14(27)16-5-3-6-17(11-16)19-13-25-26-20(8-9-23-21(19)26)24-12-15-4-2-7-18(22)10-15/h2-11,13,24H,12H2,1H3. The van der Waals surface area contributed by atoms with Gasteiger partial charge in [0.2, 0.25) is 0 Å². The van der Waals surface area contributed by atoms with E-state index in [0.717, 1.165) is 28.2 Å². The van der Waals surface area contributed by atoms with E-state index in [-0.39, 0.29) is 5.78 Å². The summed E-state index contributed by atoms with van der Waals surface area (Å²) in [6.07, 6.45) is 3.52. The smallest absolute Gasteiger partial charge is 0.165 e. The first-order valence-electron chi connectivity index (χ1n) is 8.54. The van der Waals surface area contributed by atoms with Crippen LogP contribution in [-0.2, 0) is 6.54 Å². The van der Waals surface area contributed by atoms with E-state index in [1.165, 1.54) is 0 Å². The van der Waals surface area contributed by atoms with Gasteiger partial charge in [-0.05, 0) is 42.3 Å². The Hall–Kier alpha value is -3.18. The SMILES string of the molecule is CC(=O)c1cccc(-c2cnn3c(NCc4cccc(Cl)c4)ccnc23)c1. The number of Topliss-reactive ketones (excluding diaryl/α,β-unsaturated/α-hetero) is 1. The Bertz CT molecular complexity index is 1140. The summed E-state index contributed by atoms with van der Waals surface area (Å²) in [4.78, 5) is 16.1. The molecule has 1 N–H and O–H groups in total. The van der Waals surface area contributed by atoms with Gasteiger partial charge in [0.25, 0.3) is 0 Å². The number of rotatable bonds is 5. The summed E-state index contributed by atoms with van der Waals surface area (Å²) in [6, 6.07) is 17.1. The third-order valence-corrected chi connectivity index (χ3v) is 4.58. The normalized spacial score (nSPS) is 10.9. The minimum atomic E-state index is 0.0326. The predicted molar refractivity (Wildman–Crippen MR) is 107 cm³/mol. The number of hydrogen-bond acceptors (Lipinski definition) is 4. The molecule has 2 aromatic heterocycles. The van der Waals surface area contributed by atoms with E-state index in [9.17, 15) is 4.79 Å². The van der Waals surface area contributed by atoms with E-state index in [1.54, 1.807) is 23.8 Å². The second-order valence-corrected chi connectivity index (χ2v) is 6.68. The van der Waals surface area contributed by atoms with Crippen molar-refractivity contribution in [3.8, 4) is 11.1 Å². The van der Waals surface area contributed by atoms with E-state index in [2.05, 4.69) is 15.4 Å². The summed E-state index contributed by atoms with van der Waals surface area (Å²) < 4.78 is 1.76. The van der Waals surface area contributed by atoms with Gasteiger partial charge in [0, 0.05) is 28.9 Å². The molecule has 0 atom stereocenters. The molecule has 0 amide bonds. The van der Waals surface area contributed by atoms with Crippen LogP contribution in [0.2, 0.25) is 5.02 Å². The number of nitrogens with zero attached hydrogens (tertiary/aromatic N) is 3. The highest BCUT2D eigenvalue weighted by molar-refractivity contribution is 6.30. The molecule has 0 fully saturated rings. The molecule has 0 bridgehead atoms. The van der Waals surface area contributed by atoms with Crippen molar-refractivity contribution in [3.63, 3.8) is 0 Å². The number of benzene rings is 2. The second kappa shape index (κ2) is 7.21. The summed E-state index contributed by atoms with van der Waals surface area (Å²) in [5.41, 5.74) is 4.27. The fraction of sp³-hybridized carbons (Fsp3) is 0.0952. The number of nitrogens with one attached hydrogen (secondary N) is 1. The Morgan fingerprint density at radius 2 is 2.00 bits per heavy atom. The lowest BCUT2D eigenvalue weighted by Crippen LogP contribution is -2.05. The molecule has 0 unspecified atom stereocenters.